The van der Waals surface area contributed by atoms with Gasteiger partial charge in [-0.3, -0.25) is 5.21 Å². The van der Waals surface area contributed by atoms with Crippen molar-refractivity contribution < 1.29 is 5.21 Å². The molecule has 0 spiro atoms. The zero-order valence-electron chi connectivity index (χ0n) is 9.34. The van der Waals surface area contributed by atoms with Gasteiger partial charge in [0, 0.05) is 19.3 Å². The van der Waals surface area contributed by atoms with Crippen LogP contribution in [0.4, 0.5) is 0 Å². The Morgan fingerprint density at radius 3 is 2.44 bits per heavy atom. The Labute approximate surface area is 96.0 Å². The summed E-state index contributed by atoms with van der Waals surface area (Å²) >= 11 is 0. The monoisotopic (exact) mass is 219 g/mol. The van der Waals surface area contributed by atoms with Crippen molar-refractivity contribution >= 4 is 11.7 Å². The molecular weight excluding hydrogens is 202 g/mol. The van der Waals surface area contributed by atoms with Crippen LogP contribution in [0, 0.1) is 0 Å². The summed E-state index contributed by atoms with van der Waals surface area (Å²) in [4.78, 5) is 8.54. The van der Waals surface area contributed by atoms with Crippen molar-refractivity contribution in [3.8, 4) is 0 Å². The number of hydroxylamine groups is 2. The average Bonchev–Trinajstić information content (AvgIpc) is 2.26. The van der Waals surface area contributed by atoms with E-state index in [9.17, 15) is 5.21 Å². The van der Waals surface area contributed by atoms with E-state index in [4.69, 9.17) is 0 Å². The van der Waals surface area contributed by atoms with E-state index in [1.54, 1.807) is 18.2 Å². The molecule has 0 bridgehead atoms. The lowest BCUT2D eigenvalue weighted by Crippen LogP contribution is -2.40. The maximum Gasteiger partial charge on any atom is 0.152 e. The largest absolute Gasteiger partial charge is 0.285 e. The Morgan fingerprint density at radius 1 is 1.19 bits per heavy atom. The van der Waals surface area contributed by atoms with Crippen LogP contribution in [-0.4, -0.2) is 28.1 Å². The van der Waals surface area contributed by atoms with Gasteiger partial charge >= 0.3 is 0 Å². The zero-order chi connectivity index (χ0) is 12.0. The Balaban J connectivity index is 2.90. The van der Waals surface area contributed by atoms with E-state index in [0.717, 1.165) is 5.06 Å². The molecule has 0 saturated heterocycles. The first kappa shape index (κ1) is 12.4. The van der Waals surface area contributed by atoms with E-state index in [1.807, 2.05) is 0 Å². The SMILES string of the molecule is C=CCC1=NC(CC=C)N(O)C(CC=C)=N1. The van der Waals surface area contributed by atoms with Crippen LogP contribution in [0.15, 0.2) is 47.9 Å². The van der Waals surface area contributed by atoms with Crippen LogP contribution in [0.2, 0.25) is 0 Å². The van der Waals surface area contributed by atoms with Crippen LogP contribution in [-0.2, 0) is 0 Å². The molecule has 0 amide bonds. The highest BCUT2D eigenvalue weighted by atomic mass is 16.5. The van der Waals surface area contributed by atoms with Gasteiger partial charge in [0.2, 0.25) is 0 Å². The molecule has 1 atom stereocenters. The smallest absolute Gasteiger partial charge is 0.152 e. The van der Waals surface area contributed by atoms with Crippen molar-refractivity contribution in [1.82, 2.24) is 5.06 Å². The third kappa shape index (κ3) is 2.90. The third-order valence-electron chi connectivity index (χ3n) is 2.13. The van der Waals surface area contributed by atoms with Gasteiger partial charge in [-0.05, 0) is 0 Å². The first-order valence-corrected chi connectivity index (χ1v) is 5.18. The highest BCUT2D eigenvalue weighted by Gasteiger charge is 2.22. The second-order valence-electron chi connectivity index (χ2n) is 3.41. The van der Waals surface area contributed by atoms with Gasteiger partial charge in [-0.2, -0.15) is 0 Å². The summed E-state index contributed by atoms with van der Waals surface area (Å²) in [6.45, 7) is 10.9. The van der Waals surface area contributed by atoms with Gasteiger partial charge in [0.15, 0.2) is 6.17 Å². The van der Waals surface area contributed by atoms with Gasteiger partial charge in [0.05, 0.1) is 0 Å². The van der Waals surface area contributed by atoms with Crippen LogP contribution in [0.5, 0.6) is 0 Å². The summed E-state index contributed by atoms with van der Waals surface area (Å²) in [7, 11) is 0. The molecule has 1 N–H and O–H groups in total. The topological polar surface area (TPSA) is 48.2 Å². The van der Waals surface area contributed by atoms with Crippen LogP contribution in [0.3, 0.4) is 0 Å². The summed E-state index contributed by atoms with van der Waals surface area (Å²) in [6, 6.07) is 0. The second kappa shape index (κ2) is 6.02. The Hall–Kier alpha value is -1.68. The highest BCUT2D eigenvalue weighted by molar-refractivity contribution is 5.99. The van der Waals surface area contributed by atoms with Crippen molar-refractivity contribution in [3.05, 3.63) is 38.0 Å². The van der Waals surface area contributed by atoms with Gasteiger partial charge < -0.3 is 0 Å². The van der Waals surface area contributed by atoms with Crippen LogP contribution in [0.25, 0.3) is 0 Å². The van der Waals surface area contributed by atoms with Gasteiger partial charge in [-0.15, -0.1) is 19.7 Å². The first-order chi connectivity index (χ1) is 7.72. The fourth-order valence-corrected chi connectivity index (χ4v) is 1.43. The molecule has 0 aromatic carbocycles. The predicted molar refractivity (Wildman–Crippen MR) is 66.7 cm³/mol. The summed E-state index contributed by atoms with van der Waals surface area (Å²) < 4.78 is 0. The number of rotatable bonds is 6. The second-order valence-corrected chi connectivity index (χ2v) is 3.41. The van der Waals surface area contributed by atoms with Crippen molar-refractivity contribution in [2.75, 3.05) is 0 Å². The van der Waals surface area contributed by atoms with Gasteiger partial charge in [0.25, 0.3) is 0 Å². The lowest BCUT2D eigenvalue weighted by atomic mass is 10.2. The molecule has 0 aliphatic carbocycles. The van der Waals surface area contributed by atoms with E-state index in [-0.39, 0.29) is 6.17 Å². The van der Waals surface area contributed by atoms with Crippen molar-refractivity contribution in [1.29, 1.82) is 0 Å². The summed E-state index contributed by atoms with van der Waals surface area (Å²) in [5, 5.41) is 10.9. The minimum atomic E-state index is -0.333. The number of hydrogen-bond donors (Lipinski definition) is 1. The third-order valence-corrected chi connectivity index (χ3v) is 2.13. The molecule has 0 radical (unpaired) electrons. The number of aliphatic imine (C=N–C) groups is 2. The molecule has 0 saturated carbocycles. The number of amidine groups is 2. The van der Waals surface area contributed by atoms with E-state index >= 15 is 0 Å². The summed E-state index contributed by atoms with van der Waals surface area (Å²) in [6.07, 6.45) is 6.52. The minimum absolute atomic E-state index is 0.333. The van der Waals surface area contributed by atoms with E-state index in [2.05, 4.69) is 29.7 Å². The van der Waals surface area contributed by atoms with Crippen LogP contribution < -0.4 is 0 Å². The Morgan fingerprint density at radius 2 is 1.88 bits per heavy atom. The normalized spacial score (nSPS) is 19.8. The van der Waals surface area contributed by atoms with Crippen molar-refractivity contribution in [2.45, 2.75) is 25.4 Å². The molecule has 0 aromatic heterocycles. The number of hydrogen-bond acceptors (Lipinski definition) is 4. The molecule has 1 heterocycles. The summed E-state index contributed by atoms with van der Waals surface area (Å²) in [5.41, 5.74) is 0. The van der Waals surface area contributed by atoms with E-state index in [1.165, 1.54) is 0 Å². The average molecular weight is 219 g/mol. The zero-order valence-corrected chi connectivity index (χ0v) is 9.34. The Bertz CT molecular complexity index is 344. The quantitative estimate of drug-likeness (QED) is 0.698. The molecule has 16 heavy (non-hydrogen) atoms. The van der Waals surface area contributed by atoms with Gasteiger partial charge in [-0.1, -0.05) is 18.2 Å². The van der Waals surface area contributed by atoms with Gasteiger partial charge in [-0.25, -0.2) is 15.0 Å². The Kier molecular flexibility index (Phi) is 4.66. The maximum absolute atomic E-state index is 9.85. The fourth-order valence-electron chi connectivity index (χ4n) is 1.43. The fraction of sp³-hybridized carbons (Fsp3) is 0.333. The van der Waals surface area contributed by atoms with Crippen molar-refractivity contribution in [3.63, 3.8) is 0 Å². The minimum Gasteiger partial charge on any atom is -0.285 e. The highest BCUT2D eigenvalue weighted by Crippen LogP contribution is 2.14. The molecule has 4 nitrogen and oxygen atoms in total. The molecule has 1 rings (SSSR count). The molecule has 1 unspecified atom stereocenters. The van der Waals surface area contributed by atoms with E-state index in [0.29, 0.717) is 30.9 Å². The summed E-state index contributed by atoms with van der Waals surface area (Å²) in [5.74, 6) is 1.25. The standard InChI is InChI=1S/C12H17N3O/c1-4-7-10-13-11(8-5-2)15(16)12(14-10)9-6-3/h4-6,11,16H,1-3,7-9H2. The molecule has 1 aliphatic heterocycles. The first-order valence-electron chi connectivity index (χ1n) is 5.18. The lowest BCUT2D eigenvalue weighted by Gasteiger charge is -2.28. The lowest BCUT2D eigenvalue weighted by molar-refractivity contribution is -0.0530. The number of nitrogens with zero attached hydrogens (tertiary/aromatic N) is 3. The van der Waals surface area contributed by atoms with E-state index < -0.39 is 0 Å². The maximum atomic E-state index is 9.85. The molecule has 0 aromatic rings. The molecule has 4 heteroatoms. The molecule has 0 fully saturated rings. The molecule has 1 aliphatic rings. The molecular formula is C12H17N3O. The molecule has 86 valence electrons. The predicted octanol–water partition coefficient (Wildman–Crippen LogP) is 2.54. The van der Waals surface area contributed by atoms with Crippen LogP contribution in [0.1, 0.15) is 19.3 Å². The van der Waals surface area contributed by atoms with Crippen molar-refractivity contribution in [2.24, 2.45) is 9.98 Å². The van der Waals surface area contributed by atoms with Gasteiger partial charge in [0.1, 0.15) is 11.7 Å². The van der Waals surface area contributed by atoms with Crippen LogP contribution >= 0.6 is 0 Å².